The van der Waals surface area contributed by atoms with E-state index in [1.54, 1.807) is 17.0 Å². The summed E-state index contributed by atoms with van der Waals surface area (Å²) < 4.78 is 7.09. The van der Waals surface area contributed by atoms with Crippen molar-refractivity contribution in [2.75, 3.05) is 11.9 Å². The lowest BCUT2D eigenvalue weighted by Gasteiger charge is -2.06. The van der Waals surface area contributed by atoms with E-state index in [1.807, 2.05) is 18.2 Å². The van der Waals surface area contributed by atoms with Gasteiger partial charge in [0.25, 0.3) is 0 Å². The molecule has 6 nitrogen and oxygen atoms in total. The molecule has 1 saturated carbocycles. The van der Waals surface area contributed by atoms with Crippen LogP contribution in [0.3, 0.4) is 0 Å². The second-order valence-corrected chi connectivity index (χ2v) is 4.77. The van der Waals surface area contributed by atoms with Crippen molar-refractivity contribution in [3.05, 3.63) is 30.7 Å². The van der Waals surface area contributed by atoms with Gasteiger partial charge in [-0.25, -0.2) is 0 Å². The molecule has 1 N–H and O–H groups in total. The zero-order valence-electron chi connectivity index (χ0n) is 10.3. The maximum atomic E-state index is 5.41. The van der Waals surface area contributed by atoms with E-state index in [0.717, 1.165) is 18.1 Å². The number of hydrogen-bond donors (Lipinski definition) is 1. The van der Waals surface area contributed by atoms with Gasteiger partial charge in [-0.2, -0.15) is 19.6 Å². The molecule has 0 aromatic carbocycles. The van der Waals surface area contributed by atoms with Gasteiger partial charge in [0, 0.05) is 12.6 Å². The van der Waals surface area contributed by atoms with Crippen LogP contribution in [-0.4, -0.2) is 26.1 Å². The van der Waals surface area contributed by atoms with Crippen molar-refractivity contribution in [2.45, 2.75) is 12.8 Å². The zero-order chi connectivity index (χ0) is 12.7. The van der Waals surface area contributed by atoms with Crippen molar-refractivity contribution >= 4 is 11.6 Å². The minimum Gasteiger partial charge on any atom is -0.461 e. The van der Waals surface area contributed by atoms with Crippen LogP contribution in [0.15, 0.2) is 35.1 Å². The van der Waals surface area contributed by atoms with Gasteiger partial charge in [-0.05, 0) is 30.9 Å². The summed E-state index contributed by atoms with van der Waals surface area (Å²) >= 11 is 0. The molecule has 0 bridgehead atoms. The van der Waals surface area contributed by atoms with E-state index in [2.05, 4.69) is 20.4 Å². The Bertz CT molecular complexity index is 699. The van der Waals surface area contributed by atoms with Crippen molar-refractivity contribution in [3.63, 3.8) is 0 Å². The summed E-state index contributed by atoms with van der Waals surface area (Å²) in [7, 11) is 0. The number of fused-ring (bicyclic) bond motifs is 1. The molecule has 1 fully saturated rings. The average Bonchev–Trinajstić information content (AvgIpc) is 2.93. The largest absolute Gasteiger partial charge is 0.461 e. The van der Waals surface area contributed by atoms with E-state index in [1.165, 1.54) is 12.8 Å². The molecule has 6 heteroatoms. The summed E-state index contributed by atoms with van der Waals surface area (Å²) in [6, 6.07) is 5.56. The van der Waals surface area contributed by atoms with E-state index in [4.69, 9.17) is 4.42 Å². The second kappa shape index (κ2) is 4.08. The second-order valence-electron chi connectivity index (χ2n) is 4.77. The molecule has 1 aliphatic carbocycles. The van der Waals surface area contributed by atoms with Crippen molar-refractivity contribution in [1.82, 2.24) is 19.6 Å². The summed E-state index contributed by atoms with van der Waals surface area (Å²) in [5, 5.41) is 7.51. The third kappa shape index (κ3) is 1.95. The summed E-state index contributed by atoms with van der Waals surface area (Å²) in [5.41, 5.74) is 0.764. The normalized spacial score (nSPS) is 14.9. The number of hydrogen-bond acceptors (Lipinski definition) is 5. The van der Waals surface area contributed by atoms with Crippen LogP contribution in [0.25, 0.3) is 17.2 Å². The third-order valence-electron chi connectivity index (χ3n) is 3.24. The molecule has 3 aromatic heterocycles. The van der Waals surface area contributed by atoms with Gasteiger partial charge in [0.05, 0.1) is 12.5 Å². The number of nitrogens with one attached hydrogen (secondary N) is 1. The minimum absolute atomic E-state index is 0.631. The van der Waals surface area contributed by atoms with Gasteiger partial charge in [0.1, 0.15) is 0 Å². The highest BCUT2D eigenvalue weighted by Gasteiger charge is 2.21. The van der Waals surface area contributed by atoms with E-state index < -0.39 is 0 Å². The van der Waals surface area contributed by atoms with Crippen molar-refractivity contribution in [2.24, 2.45) is 5.92 Å². The molecule has 4 rings (SSSR count). The molecule has 3 aromatic rings. The standard InChI is InChI=1S/C13H13N5O/c1-2-10(19-7-1)12-17-13(14-8-9-3-4-9)16-11-5-6-15-18(11)12/h1-2,5-7,9H,3-4,8H2,(H,14,16). The van der Waals surface area contributed by atoms with Crippen LogP contribution in [0.5, 0.6) is 0 Å². The monoisotopic (exact) mass is 255 g/mol. The van der Waals surface area contributed by atoms with Gasteiger partial charge in [-0.3, -0.25) is 0 Å². The molecule has 1 aliphatic rings. The van der Waals surface area contributed by atoms with Crippen molar-refractivity contribution < 1.29 is 4.42 Å². The molecule has 0 unspecified atom stereocenters. The summed E-state index contributed by atoms with van der Waals surface area (Å²) in [6.45, 7) is 0.932. The molecule has 0 spiro atoms. The smallest absolute Gasteiger partial charge is 0.226 e. The fourth-order valence-electron chi connectivity index (χ4n) is 2.03. The lowest BCUT2D eigenvalue weighted by Crippen LogP contribution is -2.10. The lowest BCUT2D eigenvalue weighted by molar-refractivity contribution is 0.573. The fourth-order valence-corrected chi connectivity index (χ4v) is 2.03. The van der Waals surface area contributed by atoms with E-state index in [9.17, 15) is 0 Å². The molecule has 0 saturated heterocycles. The van der Waals surface area contributed by atoms with Crippen LogP contribution < -0.4 is 5.32 Å². The van der Waals surface area contributed by atoms with Gasteiger partial charge < -0.3 is 9.73 Å². The number of rotatable bonds is 4. The first-order valence-corrected chi connectivity index (χ1v) is 6.40. The summed E-state index contributed by atoms with van der Waals surface area (Å²) in [5.74, 6) is 2.76. The maximum Gasteiger partial charge on any atom is 0.226 e. The van der Waals surface area contributed by atoms with Crippen LogP contribution >= 0.6 is 0 Å². The first-order chi connectivity index (χ1) is 9.40. The Labute approximate surface area is 109 Å². The Morgan fingerprint density at radius 2 is 2.26 bits per heavy atom. The lowest BCUT2D eigenvalue weighted by atomic mass is 10.4. The van der Waals surface area contributed by atoms with Crippen LogP contribution in [0.2, 0.25) is 0 Å². The fraction of sp³-hybridized carbons (Fsp3) is 0.308. The number of furan rings is 1. The molecule has 0 amide bonds. The first kappa shape index (κ1) is 10.5. The highest BCUT2D eigenvalue weighted by Crippen LogP contribution is 2.28. The number of aromatic nitrogens is 4. The maximum absolute atomic E-state index is 5.41. The van der Waals surface area contributed by atoms with Gasteiger partial charge >= 0.3 is 0 Å². The Morgan fingerprint density at radius 3 is 3.05 bits per heavy atom. The Hall–Kier alpha value is -2.37. The Kier molecular flexibility index (Phi) is 2.26. The molecule has 19 heavy (non-hydrogen) atoms. The van der Waals surface area contributed by atoms with Crippen LogP contribution in [0, 0.1) is 5.92 Å². The van der Waals surface area contributed by atoms with Gasteiger partial charge in [0.2, 0.25) is 11.8 Å². The van der Waals surface area contributed by atoms with Crippen molar-refractivity contribution in [1.29, 1.82) is 0 Å². The number of nitrogens with zero attached hydrogens (tertiary/aromatic N) is 4. The van der Waals surface area contributed by atoms with Crippen LogP contribution in [-0.2, 0) is 0 Å². The third-order valence-corrected chi connectivity index (χ3v) is 3.24. The zero-order valence-corrected chi connectivity index (χ0v) is 10.3. The highest BCUT2D eigenvalue weighted by molar-refractivity contribution is 5.55. The molecular formula is C13H13N5O. The summed E-state index contributed by atoms with van der Waals surface area (Å²) in [4.78, 5) is 8.94. The first-order valence-electron chi connectivity index (χ1n) is 6.40. The topological polar surface area (TPSA) is 68.2 Å². The highest BCUT2D eigenvalue weighted by atomic mass is 16.3. The molecule has 3 heterocycles. The minimum atomic E-state index is 0.631. The number of anilines is 1. The molecule has 0 aliphatic heterocycles. The van der Waals surface area contributed by atoms with Crippen LogP contribution in [0.4, 0.5) is 5.95 Å². The Morgan fingerprint density at radius 1 is 1.32 bits per heavy atom. The van der Waals surface area contributed by atoms with E-state index >= 15 is 0 Å². The molecule has 0 radical (unpaired) electrons. The summed E-state index contributed by atoms with van der Waals surface area (Å²) in [6.07, 6.45) is 5.94. The average molecular weight is 255 g/mol. The Balaban J connectivity index is 1.77. The molecular weight excluding hydrogens is 242 g/mol. The van der Waals surface area contributed by atoms with Crippen molar-refractivity contribution in [3.8, 4) is 11.6 Å². The quantitative estimate of drug-likeness (QED) is 0.774. The predicted octanol–water partition coefficient (Wildman–Crippen LogP) is 2.21. The van der Waals surface area contributed by atoms with Gasteiger partial charge in [0.15, 0.2) is 11.4 Å². The molecule has 0 atom stereocenters. The van der Waals surface area contributed by atoms with E-state index in [-0.39, 0.29) is 0 Å². The van der Waals surface area contributed by atoms with Gasteiger partial charge in [-0.15, -0.1) is 0 Å². The SMILES string of the molecule is c1coc(-c2nc(NCC3CC3)nc3ccnn23)c1. The van der Waals surface area contributed by atoms with E-state index in [0.29, 0.717) is 17.5 Å². The van der Waals surface area contributed by atoms with Crippen LogP contribution in [0.1, 0.15) is 12.8 Å². The predicted molar refractivity (Wildman–Crippen MR) is 69.7 cm³/mol. The molecule has 96 valence electrons. The van der Waals surface area contributed by atoms with Gasteiger partial charge in [-0.1, -0.05) is 0 Å².